The molecule has 0 radical (unpaired) electrons. The lowest BCUT2D eigenvalue weighted by Gasteiger charge is -2.11. The van der Waals surface area contributed by atoms with Gasteiger partial charge in [0.15, 0.2) is 0 Å². The molecule has 0 aromatic carbocycles. The second-order valence-corrected chi connectivity index (χ2v) is 3.20. The van der Waals surface area contributed by atoms with Crippen molar-refractivity contribution in [3.63, 3.8) is 0 Å². The number of rotatable bonds is 2. The minimum atomic E-state index is 0.137. The Morgan fingerprint density at radius 3 is 2.67 bits per heavy atom. The number of aromatic nitrogens is 1. The Hall–Kier alpha value is -0.890. The van der Waals surface area contributed by atoms with Crippen molar-refractivity contribution >= 4 is 0 Å². The van der Waals surface area contributed by atoms with Crippen molar-refractivity contribution in [2.75, 3.05) is 0 Å². The molecule has 0 fully saturated rings. The fourth-order valence-electron chi connectivity index (χ4n) is 1.32. The van der Waals surface area contributed by atoms with E-state index in [9.17, 15) is 0 Å². The SMILES string of the molecule is CCC(N)c1cnc(C)cc1C. The highest BCUT2D eigenvalue weighted by atomic mass is 14.7. The van der Waals surface area contributed by atoms with Crippen LogP contribution in [0.25, 0.3) is 0 Å². The first-order chi connectivity index (χ1) is 5.65. The fourth-order valence-corrected chi connectivity index (χ4v) is 1.32. The van der Waals surface area contributed by atoms with Gasteiger partial charge in [0.25, 0.3) is 0 Å². The molecule has 0 aliphatic rings. The molecule has 2 nitrogen and oxygen atoms in total. The molecule has 1 rings (SSSR count). The van der Waals surface area contributed by atoms with Crippen molar-refractivity contribution in [3.8, 4) is 0 Å². The van der Waals surface area contributed by atoms with Crippen LogP contribution in [-0.4, -0.2) is 4.98 Å². The molecular formula is C10H16N2. The fraction of sp³-hybridized carbons (Fsp3) is 0.500. The van der Waals surface area contributed by atoms with Crippen LogP contribution in [0.3, 0.4) is 0 Å². The first-order valence-corrected chi connectivity index (χ1v) is 4.34. The van der Waals surface area contributed by atoms with E-state index in [0.29, 0.717) is 0 Å². The van der Waals surface area contributed by atoms with Crippen LogP contribution in [0.5, 0.6) is 0 Å². The zero-order valence-electron chi connectivity index (χ0n) is 7.96. The maximum absolute atomic E-state index is 5.91. The van der Waals surface area contributed by atoms with E-state index >= 15 is 0 Å². The molecule has 0 bridgehead atoms. The van der Waals surface area contributed by atoms with Crippen molar-refractivity contribution in [2.24, 2.45) is 5.73 Å². The summed E-state index contributed by atoms with van der Waals surface area (Å²) in [6.45, 7) is 6.16. The molecule has 1 aromatic heterocycles. The molecule has 2 N–H and O–H groups in total. The van der Waals surface area contributed by atoms with Crippen molar-refractivity contribution < 1.29 is 0 Å². The highest BCUT2D eigenvalue weighted by Crippen LogP contribution is 2.17. The second-order valence-electron chi connectivity index (χ2n) is 3.20. The predicted molar refractivity (Wildman–Crippen MR) is 50.9 cm³/mol. The van der Waals surface area contributed by atoms with E-state index in [1.807, 2.05) is 13.1 Å². The van der Waals surface area contributed by atoms with Crippen molar-refractivity contribution in [1.82, 2.24) is 4.98 Å². The molecule has 66 valence electrons. The summed E-state index contributed by atoms with van der Waals surface area (Å²) in [4.78, 5) is 4.23. The standard InChI is InChI=1S/C10H16N2/c1-4-10(11)9-6-12-8(3)5-7(9)2/h5-6,10H,4,11H2,1-3H3. The molecule has 0 amide bonds. The van der Waals surface area contributed by atoms with Gasteiger partial charge in [0.2, 0.25) is 0 Å². The summed E-state index contributed by atoms with van der Waals surface area (Å²) in [6.07, 6.45) is 2.85. The average molecular weight is 164 g/mol. The monoisotopic (exact) mass is 164 g/mol. The Balaban J connectivity index is 3.01. The molecule has 0 saturated carbocycles. The van der Waals surface area contributed by atoms with Gasteiger partial charge in [0.05, 0.1) is 0 Å². The molecule has 0 aliphatic heterocycles. The van der Waals surface area contributed by atoms with Gasteiger partial charge in [-0.25, -0.2) is 0 Å². The van der Waals surface area contributed by atoms with Gasteiger partial charge < -0.3 is 5.73 Å². The van der Waals surface area contributed by atoms with E-state index in [4.69, 9.17) is 5.73 Å². The van der Waals surface area contributed by atoms with Gasteiger partial charge in [-0.2, -0.15) is 0 Å². The van der Waals surface area contributed by atoms with Crippen molar-refractivity contribution in [2.45, 2.75) is 33.2 Å². The van der Waals surface area contributed by atoms with Crippen LogP contribution in [0.15, 0.2) is 12.3 Å². The third kappa shape index (κ3) is 1.83. The summed E-state index contributed by atoms with van der Waals surface area (Å²) in [6, 6.07) is 2.21. The highest BCUT2D eigenvalue weighted by molar-refractivity contribution is 5.27. The number of pyridine rings is 1. The highest BCUT2D eigenvalue weighted by Gasteiger charge is 2.06. The molecule has 1 atom stereocenters. The second kappa shape index (κ2) is 3.68. The van der Waals surface area contributed by atoms with Crippen LogP contribution < -0.4 is 5.73 Å². The average Bonchev–Trinajstić information content (AvgIpc) is 2.03. The quantitative estimate of drug-likeness (QED) is 0.727. The minimum Gasteiger partial charge on any atom is -0.324 e. The molecule has 0 spiro atoms. The molecule has 0 aliphatic carbocycles. The third-order valence-corrected chi connectivity index (χ3v) is 2.13. The largest absolute Gasteiger partial charge is 0.324 e. The maximum Gasteiger partial charge on any atom is 0.0375 e. The van der Waals surface area contributed by atoms with Crippen LogP contribution in [0, 0.1) is 13.8 Å². The van der Waals surface area contributed by atoms with E-state index in [1.165, 1.54) is 11.1 Å². The van der Waals surface area contributed by atoms with Gasteiger partial charge in [0.1, 0.15) is 0 Å². The Bertz CT molecular complexity index is 269. The molecule has 2 heteroatoms. The Labute approximate surface area is 73.8 Å². The van der Waals surface area contributed by atoms with Crippen molar-refractivity contribution in [1.29, 1.82) is 0 Å². The first-order valence-electron chi connectivity index (χ1n) is 4.34. The summed E-state index contributed by atoms with van der Waals surface area (Å²) in [5, 5.41) is 0. The van der Waals surface area contributed by atoms with Crippen LogP contribution >= 0.6 is 0 Å². The van der Waals surface area contributed by atoms with Crippen LogP contribution in [0.2, 0.25) is 0 Å². The number of hydrogen-bond donors (Lipinski definition) is 1. The van der Waals surface area contributed by atoms with E-state index in [0.717, 1.165) is 12.1 Å². The number of nitrogens with two attached hydrogens (primary N) is 1. The lowest BCUT2D eigenvalue weighted by Crippen LogP contribution is -2.10. The first kappa shape index (κ1) is 9.20. The lowest BCUT2D eigenvalue weighted by molar-refractivity contribution is 0.689. The topological polar surface area (TPSA) is 38.9 Å². The minimum absolute atomic E-state index is 0.137. The Morgan fingerprint density at radius 2 is 2.17 bits per heavy atom. The van der Waals surface area contributed by atoms with E-state index in [1.54, 1.807) is 0 Å². The molecule has 1 aromatic rings. The van der Waals surface area contributed by atoms with Gasteiger partial charge in [-0.3, -0.25) is 4.98 Å². The van der Waals surface area contributed by atoms with Crippen molar-refractivity contribution in [3.05, 3.63) is 29.1 Å². The molecule has 1 heterocycles. The molecule has 0 saturated heterocycles. The summed E-state index contributed by atoms with van der Waals surface area (Å²) < 4.78 is 0. The Morgan fingerprint density at radius 1 is 1.50 bits per heavy atom. The summed E-state index contributed by atoms with van der Waals surface area (Å²) in [5.74, 6) is 0. The zero-order chi connectivity index (χ0) is 9.14. The normalized spacial score (nSPS) is 13.0. The van der Waals surface area contributed by atoms with E-state index < -0.39 is 0 Å². The van der Waals surface area contributed by atoms with E-state index in [2.05, 4.69) is 24.9 Å². The zero-order valence-corrected chi connectivity index (χ0v) is 7.96. The number of nitrogens with zero attached hydrogens (tertiary/aromatic N) is 1. The summed E-state index contributed by atoms with van der Waals surface area (Å²) in [5.41, 5.74) is 9.38. The van der Waals surface area contributed by atoms with Gasteiger partial charge >= 0.3 is 0 Å². The van der Waals surface area contributed by atoms with Gasteiger partial charge in [-0.15, -0.1) is 0 Å². The predicted octanol–water partition coefficient (Wildman–Crippen LogP) is 2.11. The third-order valence-electron chi connectivity index (χ3n) is 2.13. The number of aryl methyl sites for hydroxylation is 2. The number of hydrogen-bond acceptors (Lipinski definition) is 2. The van der Waals surface area contributed by atoms with Gasteiger partial charge in [-0.1, -0.05) is 6.92 Å². The summed E-state index contributed by atoms with van der Waals surface area (Å²) >= 11 is 0. The maximum atomic E-state index is 5.91. The van der Waals surface area contributed by atoms with Gasteiger partial charge in [0, 0.05) is 17.9 Å². The lowest BCUT2D eigenvalue weighted by atomic mass is 10.0. The van der Waals surface area contributed by atoms with Gasteiger partial charge in [-0.05, 0) is 37.5 Å². The van der Waals surface area contributed by atoms with Crippen LogP contribution in [-0.2, 0) is 0 Å². The van der Waals surface area contributed by atoms with Crippen LogP contribution in [0.4, 0.5) is 0 Å². The van der Waals surface area contributed by atoms with E-state index in [-0.39, 0.29) is 6.04 Å². The molecule has 12 heavy (non-hydrogen) atoms. The summed E-state index contributed by atoms with van der Waals surface area (Å²) in [7, 11) is 0. The smallest absolute Gasteiger partial charge is 0.0375 e. The molecule has 1 unspecified atom stereocenters. The Kier molecular flexibility index (Phi) is 2.82. The van der Waals surface area contributed by atoms with Crippen LogP contribution in [0.1, 0.15) is 36.2 Å². The molecular weight excluding hydrogens is 148 g/mol.